The van der Waals surface area contributed by atoms with Crippen molar-refractivity contribution < 1.29 is 23.0 Å². The molecule has 1 unspecified atom stereocenters. The number of rotatable bonds is 8. The number of aromatic nitrogens is 1. The Morgan fingerprint density at radius 2 is 1.82 bits per heavy atom. The van der Waals surface area contributed by atoms with Crippen LogP contribution in [0.25, 0.3) is 22.2 Å². The fourth-order valence-corrected chi connectivity index (χ4v) is 5.75. The van der Waals surface area contributed by atoms with Crippen LogP contribution >= 0.6 is 0 Å². The second kappa shape index (κ2) is 11.0. The maximum Gasteiger partial charge on any atom is 0.181 e. The fourth-order valence-electron chi connectivity index (χ4n) is 5.75. The van der Waals surface area contributed by atoms with Crippen LogP contribution in [-0.4, -0.2) is 42.3 Å². The van der Waals surface area contributed by atoms with Gasteiger partial charge in [-0.05, 0) is 102 Å². The Morgan fingerprint density at radius 3 is 2.66 bits per heavy atom. The molecule has 0 bridgehead atoms. The molecule has 1 aromatic heterocycles. The number of fused-ring (bicyclic) bond motifs is 2. The number of hydrogen-bond donors (Lipinski definition) is 0. The van der Waals surface area contributed by atoms with Crippen LogP contribution in [0.15, 0.2) is 71.5 Å². The van der Waals surface area contributed by atoms with E-state index in [2.05, 4.69) is 33.0 Å². The smallest absolute Gasteiger partial charge is 0.181 e. The molecular formula is C31H30F2N2O3. The zero-order valence-corrected chi connectivity index (χ0v) is 21.2. The van der Waals surface area contributed by atoms with E-state index < -0.39 is 0 Å². The van der Waals surface area contributed by atoms with Crippen LogP contribution in [0.5, 0.6) is 11.5 Å². The van der Waals surface area contributed by atoms with E-state index in [1.807, 2.05) is 30.3 Å². The van der Waals surface area contributed by atoms with Crippen molar-refractivity contribution in [1.82, 2.24) is 9.88 Å². The molecule has 1 fully saturated rings. The summed E-state index contributed by atoms with van der Waals surface area (Å²) in [5.41, 5.74) is 8.19. The van der Waals surface area contributed by atoms with E-state index in [9.17, 15) is 8.92 Å². The second-order valence-electron chi connectivity index (χ2n) is 10.0. The van der Waals surface area contributed by atoms with Crippen molar-refractivity contribution in [3.05, 3.63) is 89.3 Å². The molecule has 6 rings (SSSR count). The maximum absolute atomic E-state index is 13.0. The molecule has 38 heavy (non-hydrogen) atoms. The van der Waals surface area contributed by atoms with Crippen LogP contribution in [0.1, 0.15) is 47.9 Å². The van der Waals surface area contributed by atoms with E-state index in [1.165, 1.54) is 12.0 Å². The Morgan fingerprint density at radius 1 is 0.974 bits per heavy atom. The molecule has 0 N–H and O–H groups in total. The molecule has 1 saturated heterocycles. The van der Waals surface area contributed by atoms with Crippen molar-refractivity contribution in [2.45, 2.75) is 38.2 Å². The number of benzene rings is 3. The first kappa shape index (κ1) is 24.6. The third-order valence-corrected chi connectivity index (χ3v) is 7.57. The number of hydrogen-bond acceptors (Lipinski definition) is 5. The molecule has 1 atom stereocenters. The van der Waals surface area contributed by atoms with E-state index in [-0.39, 0.29) is 18.5 Å². The Kier molecular flexibility index (Phi) is 7.10. The lowest BCUT2D eigenvalue weighted by atomic mass is 9.87. The molecule has 1 aliphatic heterocycles. The lowest BCUT2D eigenvalue weighted by molar-refractivity contribution is -0.00629. The van der Waals surface area contributed by atoms with Crippen molar-refractivity contribution in [2.75, 3.05) is 26.3 Å². The topological polar surface area (TPSA) is 47.7 Å². The number of allylic oxidation sites excluding steroid dienone is 1. The Bertz CT molecular complexity index is 1450. The van der Waals surface area contributed by atoms with E-state index in [0.29, 0.717) is 6.42 Å². The zero-order chi connectivity index (χ0) is 25.9. The molecule has 7 heteroatoms. The van der Waals surface area contributed by atoms with Gasteiger partial charge < -0.3 is 9.15 Å². The van der Waals surface area contributed by atoms with Gasteiger partial charge in [-0.15, -0.1) is 0 Å². The van der Waals surface area contributed by atoms with Gasteiger partial charge in [0, 0.05) is 24.2 Å². The molecule has 0 saturated carbocycles. The van der Waals surface area contributed by atoms with Crippen LogP contribution in [0, 0.1) is 0 Å². The predicted molar refractivity (Wildman–Crippen MR) is 144 cm³/mol. The summed E-state index contributed by atoms with van der Waals surface area (Å²) in [7, 11) is 0. The van der Waals surface area contributed by atoms with E-state index in [4.69, 9.17) is 9.15 Å². The lowest BCUT2D eigenvalue weighted by Gasteiger charge is -2.18. The van der Waals surface area contributed by atoms with Crippen molar-refractivity contribution in [3.8, 4) is 11.5 Å². The van der Waals surface area contributed by atoms with Crippen LogP contribution in [0.2, 0.25) is 0 Å². The SMILES string of the molecule is FCCCN1CCC(Oc2ccc(C3=C(c4ccc5ncoc5c4)CCCc4cc(OF)ccc43)cc2)C1. The highest BCUT2D eigenvalue weighted by molar-refractivity contribution is 6.01. The van der Waals surface area contributed by atoms with Crippen molar-refractivity contribution in [1.29, 1.82) is 0 Å². The summed E-state index contributed by atoms with van der Waals surface area (Å²) < 4.78 is 37.4. The van der Waals surface area contributed by atoms with Crippen LogP contribution < -0.4 is 9.68 Å². The number of oxazole rings is 1. The molecule has 1 aliphatic carbocycles. The maximum atomic E-state index is 13.0. The lowest BCUT2D eigenvalue weighted by Crippen LogP contribution is -2.26. The third kappa shape index (κ3) is 5.03. The number of likely N-dealkylation sites (tertiary alicyclic amines) is 1. The molecule has 4 aromatic rings. The van der Waals surface area contributed by atoms with Gasteiger partial charge in [0.25, 0.3) is 0 Å². The summed E-state index contributed by atoms with van der Waals surface area (Å²) >= 11 is 0. The zero-order valence-electron chi connectivity index (χ0n) is 21.2. The average molecular weight is 517 g/mol. The van der Waals surface area contributed by atoms with Crippen LogP contribution in [-0.2, 0) is 6.42 Å². The highest BCUT2D eigenvalue weighted by Crippen LogP contribution is 2.41. The van der Waals surface area contributed by atoms with Crippen molar-refractivity contribution in [2.24, 2.45) is 0 Å². The van der Waals surface area contributed by atoms with Gasteiger partial charge in [0.15, 0.2) is 17.7 Å². The molecule has 0 amide bonds. The summed E-state index contributed by atoms with van der Waals surface area (Å²) in [6, 6.07) is 19.8. The van der Waals surface area contributed by atoms with Gasteiger partial charge in [-0.2, -0.15) is 0 Å². The molecule has 5 nitrogen and oxygen atoms in total. The summed E-state index contributed by atoms with van der Waals surface area (Å²) in [4.78, 5) is 10.6. The normalized spacial score (nSPS) is 18.0. The van der Waals surface area contributed by atoms with Gasteiger partial charge >= 0.3 is 0 Å². The quantitative estimate of drug-likeness (QED) is 0.248. The van der Waals surface area contributed by atoms with Crippen molar-refractivity contribution >= 4 is 22.2 Å². The van der Waals surface area contributed by atoms with Gasteiger partial charge in [0.2, 0.25) is 0 Å². The third-order valence-electron chi connectivity index (χ3n) is 7.57. The highest BCUT2D eigenvalue weighted by Gasteiger charge is 2.24. The largest absolute Gasteiger partial charge is 0.489 e. The average Bonchev–Trinajstić information content (AvgIpc) is 3.57. The van der Waals surface area contributed by atoms with E-state index >= 15 is 0 Å². The van der Waals surface area contributed by atoms with Crippen LogP contribution in [0.3, 0.4) is 0 Å². The number of nitrogens with zero attached hydrogens (tertiary/aromatic N) is 2. The first-order valence-corrected chi connectivity index (χ1v) is 13.3. The minimum absolute atomic E-state index is 0.113. The molecule has 2 heterocycles. The molecule has 2 aliphatic rings. The van der Waals surface area contributed by atoms with E-state index in [1.54, 1.807) is 12.1 Å². The van der Waals surface area contributed by atoms with Gasteiger partial charge in [-0.1, -0.05) is 24.3 Å². The minimum atomic E-state index is -0.279. The molecule has 0 spiro atoms. The number of ether oxygens (including phenoxy) is 1. The number of alkyl halides is 1. The second-order valence-corrected chi connectivity index (χ2v) is 10.0. The highest BCUT2D eigenvalue weighted by atomic mass is 19.3. The monoisotopic (exact) mass is 516 g/mol. The fraction of sp³-hybridized carbons (Fsp3) is 0.323. The molecular weight excluding hydrogens is 486 g/mol. The first-order chi connectivity index (χ1) is 18.7. The number of halogens is 2. The summed E-state index contributed by atoms with van der Waals surface area (Å²) in [6.45, 7) is 2.27. The van der Waals surface area contributed by atoms with Gasteiger partial charge in [-0.3, -0.25) is 14.2 Å². The molecule has 3 aromatic carbocycles. The van der Waals surface area contributed by atoms with E-state index in [0.717, 1.165) is 90.0 Å². The Hall–Kier alpha value is -3.71. The first-order valence-electron chi connectivity index (χ1n) is 13.3. The van der Waals surface area contributed by atoms with Gasteiger partial charge in [0.1, 0.15) is 17.4 Å². The predicted octanol–water partition coefficient (Wildman–Crippen LogP) is 7.20. The molecule has 196 valence electrons. The summed E-state index contributed by atoms with van der Waals surface area (Å²) in [6.07, 6.45) is 5.71. The van der Waals surface area contributed by atoms with Crippen LogP contribution in [0.4, 0.5) is 8.92 Å². The van der Waals surface area contributed by atoms with Gasteiger partial charge in [0.05, 0.1) is 6.67 Å². The number of aryl methyl sites for hydroxylation is 1. The van der Waals surface area contributed by atoms with Crippen molar-refractivity contribution in [3.63, 3.8) is 0 Å². The summed E-state index contributed by atoms with van der Waals surface area (Å²) in [5.74, 6) is 1.04. The Balaban J connectivity index is 1.35. The molecule has 0 radical (unpaired) electrons. The summed E-state index contributed by atoms with van der Waals surface area (Å²) in [5, 5.41) is 0. The minimum Gasteiger partial charge on any atom is -0.489 e. The van der Waals surface area contributed by atoms with Gasteiger partial charge in [-0.25, -0.2) is 4.98 Å². The Labute approximate surface area is 220 Å². The standard InChI is InChI=1S/C31H30F2N2O3/c32-14-2-15-35-16-13-26(19-35)37-24-8-5-21(6-9-24)31-27(23-7-12-29-30(18-23)36-20-34-29)4-1-3-22-17-25(38-33)10-11-28(22)31/h5-12,17-18,20,26H,1-4,13-16,19H2.